The van der Waals surface area contributed by atoms with Gasteiger partial charge in [-0.05, 0) is 30.3 Å². The average molecular weight is 388 g/mol. The van der Waals surface area contributed by atoms with Crippen molar-refractivity contribution in [3.63, 3.8) is 0 Å². The molecule has 0 unspecified atom stereocenters. The molecule has 0 spiro atoms. The number of rotatable bonds is 6. The Kier molecular flexibility index (Phi) is 5.01. The number of thioether (sulfide) groups is 2. The van der Waals surface area contributed by atoms with Crippen molar-refractivity contribution in [2.45, 2.75) is 10.1 Å². The fourth-order valence-electron chi connectivity index (χ4n) is 2.44. The van der Waals surface area contributed by atoms with Gasteiger partial charge in [-0.15, -0.1) is 22.0 Å². The van der Waals surface area contributed by atoms with Gasteiger partial charge >= 0.3 is 0 Å². The maximum Gasteiger partial charge on any atom is 0.276 e. The molecule has 25 heavy (non-hydrogen) atoms. The van der Waals surface area contributed by atoms with Crippen LogP contribution in [-0.4, -0.2) is 26.7 Å². The number of H-pyrrole nitrogens is 1. The summed E-state index contributed by atoms with van der Waals surface area (Å²) < 4.78 is 5.80. The number of nitrogens with zero attached hydrogens (tertiary/aromatic N) is 2. The maximum atomic E-state index is 5.89. The van der Waals surface area contributed by atoms with Gasteiger partial charge in [0.1, 0.15) is 0 Å². The highest BCUT2D eigenvalue weighted by atomic mass is 35.5. The number of nitrogens with one attached hydrogen (secondary N) is 1. The molecule has 0 aliphatic heterocycles. The Morgan fingerprint density at radius 2 is 1.76 bits per heavy atom. The van der Waals surface area contributed by atoms with Crippen molar-refractivity contribution in [2.75, 3.05) is 11.5 Å². The van der Waals surface area contributed by atoms with E-state index >= 15 is 0 Å². The molecule has 7 heteroatoms. The largest absolute Gasteiger partial charge is 0.411 e. The first-order valence-corrected chi connectivity index (χ1v) is 10.1. The summed E-state index contributed by atoms with van der Waals surface area (Å²) in [7, 11) is 0. The van der Waals surface area contributed by atoms with E-state index in [0.717, 1.165) is 33.0 Å². The lowest BCUT2D eigenvalue weighted by atomic mass is 10.2. The third-order valence-corrected chi connectivity index (χ3v) is 5.96. The van der Waals surface area contributed by atoms with E-state index in [1.165, 1.54) is 4.90 Å². The summed E-state index contributed by atoms with van der Waals surface area (Å²) in [6, 6.07) is 15.9. The van der Waals surface area contributed by atoms with E-state index in [0.29, 0.717) is 11.1 Å². The first-order valence-electron chi connectivity index (χ1n) is 7.71. The normalized spacial score (nSPS) is 11.2. The van der Waals surface area contributed by atoms with Crippen LogP contribution in [0.3, 0.4) is 0 Å². The molecule has 0 radical (unpaired) electrons. The molecule has 0 saturated heterocycles. The Hall–Kier alpha value is -1.89. The quantitative estimate of drug-likeness (QED) is 0.337. The van der Waals surface area contributed by atoms with Gasteiger partial charge in [-0.3, -0.25) is 0 Å². The van der Waals surface area contributed by atoms with Gasteiger partial charge in [0.25, 0.3) is 11.1 Å². The predicted molar refractivity (Wildman–Crippen MR) is 104 cm³/mol. The molecule has 0 atom stereocenters. The number of hydrogen-bond donors (Lipinski definition) is 1. The summed E-state index contributed by atoms with van der Waals surface area (Å²) >= 11 is 9.24. The van der Waals surface area contributed by atoms with E-state index in [9.17, 15) is 0 Å². The third-order valence-electron chi connectivity index (χ3n) is 3.62. The van der Waals surface area contributed by atoms with Gasteiger partial charge in [-0.1, -0.05) is 41.6 Å². The molecule has 0 aliphatic carbocycles. The minimum Gasteiger partial charge on any atom is -0.411 e. The van der Waals surface area contributed by atoms with Crippen molar-refractivity contribution >= 4 is 46.0 Å². The summed E-state index contributed by atoms with van der Waals surface area (Å²) in [5, 5.41) is 10.8. The van der Waals surface area contributed by atoms with E-state index in [-0.39, 0.29) is 0 Å². The molecule has 0 bridgehead atoms. The van der Waals surface area contributed by atoms with Gasteiger partial charge in [-0.2, -0.15) is 0 Å². The molecule has 126 valence electrons. The Labute approximate surface area is 158 Å². The summed E-state index contributed by atoms with van der Waals surface area (Å²) in [6.07, 6.45) is 1.91. The fraction of sp³-hybridized carbons (Fsp3) is 0.111. The highest BCUT2D eigenvalue weighted by Crippen LogP contribution is 2.30. The number of aromatic nitrogens is 3. The molecule has 4 nitrogen and oxygen atoms in total. The summed E-state index contributed by atoms with van der Waals surface area (Å²) in [5.74, 6) is 2.39. The van der Waals surface area contributed by atoms with Crippen molar-refractivity contribution in [3.05, 3.63) is 59.8 Å². The van der Waals surface area contributed by atoms with Crippen molar-refractivity contribution in [3.8, 4) is 11.5 Å². The zero-order valence-corrected chi connectivity index (χ0v) is 15.5. The smallest absolute Gasteiger partial charge is 0.276 e. The molecular formula is C18H14ClN3OS2. The lowest BCUT2D eigenvalue weighted by Crippen LogP contribution is -1.84. The highest BCUT2D eigenvalue weighted by Gasteiger charge is 2.13. The van der Waals surface area contributed by atoms with Crippen LogP contribution in [0.25, 0.3) is 22.4 Å². The van der Waals surface area contributed by atoms with E-state index < -0.39 is 0 Å². The van der Waals surface area contributed by atoms with Crippen LogP contribution in [0, 0.1) is 0 Å². The topological polar surface area (TPSA) is 54.7 Å². The molecule has 0 saturated carbocycles. The summed E-state index contributed by atoms with van der Waals surface area (Å²) in [5.41, 5.74) is 2.00. The van der Waals surface area contributed by atoms with Crippen LogP contribution in [0.5, 0.6) is 0 Å². The molecule has 0 aliphatic rings. The third kappa shape index (κ3) is 3.86. The van der Waals surface area contributed by atoms with Crippen LogP contribution < -0.4 is 0 Å². The van der Waals surface area contributed by atoms with Crippen LogP contribution in [0.15, 0.2) is 69.3 Å². The van der Waals surface area contributed by atoms with Crippen molar-refractivity contribution in [1.29, 1.82) is 0 Å². The highest BCUT2D eigenvalue weighted by molar-refractivity contribution is 8.02. The standard InChI is InChI=1S/C18H14ClN3OS2/c19-12-5-7-13(8-6-12)24-9-10-25-18-22-21-17(23-18)15-11-20-16-4-2-1-3-14(15)16/h1-8,11,20H,9-10H2. The van der Waals surface area contributed by atoms with Gasteiger partial charge < -0.3 is 9.40 Å². The van der Waals surface area contributed by atoms with Gasteiger partial charge in [0.2, 0.25) is 0 Å². The van der Waals surface area contributed by atoms with E-state index in [1.54, 1.807) is 23.5 Å². The Morgan fingerprint density at radius 3 is 2.64 bits per heavy atom. The second-order valence-corrected chi connectivity index (χ2v) is 7.92. The zero-order valence-electron chi connectivity index (χ0n) is 13.1. The monoisotopic (exact) mass is 387 g/mol. The Bertz CT molecular complexity index is 981. The Balaban J connectivity index is 1.36. The molecular weight excluding hydrogens is 374 g/mol. The summed E-state index contributed by atoms with van der Waals surface area (Å²) in [4.78, 5) is 4.43. The predicted octanol–water partition coefficient (Wildman–Crippen LogP) is 5.76. The molecule has 0 fully saturated rings. The molecule has 2 aromatic carbocycles. The number of benzene rings is 2. The number of fused-ring (bicyclic) bond motifs is 1. The number of hydrogen-bond acceptors (Lipinski definition) is 5. The van der Waals surface area contributed by atoms with Crippen LogP contribution in [0.4, 0.5) is 0 Å². The molecule has 0 amide bonds. The van der Waals surface area contributed by atoms with E-state index in [4.69, 9.17) is 16.0 Å². The average Bonchev–Trinajstić information content (AvgIpc) is 3.27. The lowest BCUT2D eigenvalue weighted by molar-refractivity contribution is 0.466. The Morgan fingerprint density at radius 1 is 0.960 bits per heavy atom. The van der Waals surface area contributed by atoms with Gasteiger partial charge in [0.15, 0.2) is 0 Å². The number of aromatic amines is 1. The zero-order chi connectivity index (χ0) is 17.1. The van der Waals surface area contributed by atoms with Crippen LogP contribution in [-0.2, 0) is 0 Å². The molecule has 4 rings (SSSR count). The van der Waals surface area contributed by atoms with Crippen LogP contribution >= 0.6 is 35.1 Å². The van der Waals surface area contributed by atoms with Crippen LogP contribution in [0.1, 0.15) is 0 Å². The molecule has 2 heterocycles. The van der Waals surface area contributed by atoms with Crippen LogP contribution in [0.2, 0.25) is 5.02 Å². The van der Waals surface area contributed by atoms with E-state index in [1.807, 2.05) is 54.7 Å². The SMILES string of the molecule is Clc1ccc(SCCSc2nnc(-c3c[nH]c4ccccc34)o2)cc1. The first-order chi connectivity index (χ1) is 12.3. The first kappa shape index (κ1) is 16.6. The van der Waals surface area contributed by atoms with Crippen molar-refractivity contribution < 1.29 is 4.42 Å². The minimum atomic E-state index is 0.547. The second-order valence-electron chi connectivity index (χ2n) is 5.27. The van der Waals surface area contributed by atoms with Gasteiger partial charge in [-0.25, -0.2) is 0 Å². The van der Waals surface area contributed by atoms with Crippen molar-refractivity contribution in [1.82, 2.24) is 15.2 Å². The summed E-state index contributed by atoms with van der Waals surface area (Å²) in [6.45, 7) is 0. The fourth-order valence-corrected chi connectivity index (χ4v) is 4.21. The lowest BCUT2D eigenvalue weighted by Gasteiger charge is -2.00. The van der Waals surface area contributed by atoms with E-state index in [2.05, 4.69) is 15.2 Å². The molecule has 2 aromatic heterocycles. The number of para-hydroxylation sites is 1. The maximum absolute atomic E-state index is 5.89. The molecule has 1 N–H and O–H groups in total. The minimum absolute atomic E-state index is 0.547. The van der Waals surface area contributed by atoms with Crippen molar-refractivity contribution in [2.24, 2.45) is 0 Å². The second kappa shape index (κ2) is 7.56. The van der Waals surface area contributed by atoms with Gasteiger partial charge in [0.05, 0.1) is 5.56 Å². The molecule has 4 aromatic rings. The van der Waals surface area contributed by atoms with Gasteiger partial charge in [0, 0.05) is 38.5 Å². The number of halogens is 1.